The first-order valence-electron chi connectivity index (χ1n) is 16.2. The summed E-state index contributed by atoms with van der Waals surface area (Å²) in [5.41, 5.74) is -6.48. The lowest BCUT2D eigenvalue weighted by molar-refractivity contribution is -0.160. The fourth-order valence-corrected chi connectivity index (χ4v) is 3.62. The zero-order chi connectivity index (χ0) is 39.3. The maximum atomic E-state index is 11.8. The van der Waals surface area contributed by atoms with Crippen LogP contribution in [0.2, 0.25) is 0 Å². The maximum absolute atomic E-state index is 11.8. The quantitative estimate of drug-likeness (QED) is 0.188. The Morgan fingerprint density at radius 2 is 0.500 bits per heavy atom. The van der Waals surface area contributed by atoms with E-state index < -0.39 is 44.1 Å². The number of aliphatic hydroxyl groups is 4. The summed E-state index contributed by atoms with van der Waals surface area (Å²) in [6, 6.07) is 0. The lowest BCUT2D eigenvalue weighted by Crippen LogP contribution is -2.56. The normalized spacial score (nSPS) is 14.0. The van der Waals surface area contributed by atoms with Crippen molar-refractivity contribution in [3.05, 3.63) is 0 Å². The number of hydrogen-bond acceptors (Lipinski definition) is 8. The highest BCUT2D eigenvalue weighted by atomic mass is 16.3. The number of carbonyl (C=O) groups is 4. The molecule has 0 spiro atoms. The van der Waals surface area contributed by atoms with E-state index in [1.165, 1.54) is 27.7 Å². The van der Waals surface area contributed by atoms with Crippen LogP contribution < -0.4 is 0 Å². The van der Waals surface area contributed by atoms with E-state index in [4.69, 9.17) is 5.11 Å². The minimum atomic E-state index is -1.14. The Hall–Kier alpha value is -1.48. The van der Waals surface area contributed by atoms with E-state index in [1.54, 1.807) is 55.4 Å². The smallest absolute Gasteiger partial charge is 0.160 e. The highest BCUT2D eigenvalue weighted by Gasteiger charge is 2.56. The highest BCUT2D eigenvalue weighted by Crippen LogP contribution is 2.56. The van der Waals surface area contributed by atoms with Gasteiger partial charge in [-0.2, -0.15) is 0 Å². The molecule has 0 saturated carbocycles. The Labute approximate surface area is 283 Å². The molecule has 0 aromatic carbocycles. The lowest BCUT2D eigenvalue weighted by Gasteiger charge is -2.56. The van der Waals surface area contributed by atoms with Crippen molar-refractivity contribution >= 4 is 23.1 Å². The Kier molecular flexibility index (Phi) is 17.7. The summed E-state index contributed by atoms with van der Waals surface area (Å²) >= 11 is 0. The van der Waals surface area contributed by atoms with Crippen molar-refractivity contribution < 1.29 is 39.6 Å². The van der Waals surface area contributed by atoms with Crippen LogP contribution in [-0.4, -0.2) is 66.0 Å². The second kappa shape index (κ2) is 15.8. The molecular weight excluding hydrogens is 584 g/mol. The summed E-state index contributed by atoms with van der Waals surface area (Å²) in [5.74, 6) is 0.0851. The molecule has 0 amide bonds. The van der Waals surface area contributed by atoms with Crippen LogP contribution in [0.25, 0.3) is 0 Å². The first kappa shape index (κ1) is 51.4. The van der Waals surface area contributed by atoms with Gasteiger partial charge in [0.25, 0.3) is 0 Å². The van der Waals surface area contributed by atoms with E-state index in [-0.39, 0.29) is 34.0 Å². The number of hydrogen-bond donors (Lipinski definition) is 4. The van der Waals surface area contributed by atoms with E-state index in [0.717, 1.165) is 0 Å². The topological polar surface area (TPSA) is 149 Å². The standard InChI is InChI=1S/C14H28O2.C11H22O2.C8H16O2.C5H10O2/c1-10(15)11(2,3)12(4,5)13(6,7)14(8,9)16;1-8(12)9(2,3)10(4,5)11(6,7)13;1-6(9)7(2,3)8(4,5)10;1-4(6)5(2,3)7/h16H,1-9H3;13H,1-7H3;10H,1-5H3;7H,1-3H3. The first-order valence-corrected chi connectivity index (χ1v) is 16.2. The summed E-state index contributed by atoms with van der Waals surface area (Å²) in [6.07, 6.45) is 0. The number of ketones is 4. The minimum absolute atomic E-state index is 0.0139. The maximum Gasteiger partial charge on any atom is 0.160 e. The fraction of sp³-hybridized carbons (Fsp3) is 0.895. The number of Topliss-reactive ketones (excluding diaryl/α,β-unsaturated/α-hetero) is 4. The van der Waals surface area contributed by atoms with Gasteiger partial charge in [0.2, 0.25) is 0 Å². The first-order chi connectivity index (χ1) is 19.3. The molecule has 0 heterocycles. The summed E-state index contributed by atoms with van der Waals surface area (Å²) < 4.78 is 0. The summed E-state index contributed by atoms with van der Waals surface area (Å²) in [6.45, 7) is 42.6. The van der Waals surface area contributed by atoms with Crippen LogP contribution in [0.1, 0.15) is 166 Å². The van der Waals surface area contributed by atoms with Crippen molar-refractivity contribution in [1.29, 1.82) is 0 Å². The molecule has 276 valence electrons. The van der Waals surface area contributed by atoms with Crippen LogP contribution in [0.5, 0.6) is 0 Å². The van der Waals surface area contributed by atoms with Gasteiger partial charge in [0, 0.05) is 16.2 Å². The van der Waals surface area contributed by atoms with Gasteiger partial charge >= 0.3 is 0 Å². The summed E-state index contributed by atoms with van der Waals surface area (Å²) in [5, 5.41) is 38.5. The van der Waals surface area contributed by atoms with Crippen LogP contribution in [0.15, 0.2) is 0 Å². The second-order valence-electron chi connectivity index (χ2n) is 18.2. The molecule has 0 aliphatic rings. The van der Waals surface area contributed by atoms with Gasteiger partial charge in [0.15, 0.2) is 5.78 Å². The third kappa shape index (κ3) is 12.5. The van der Waals surface area contributed by atoms with Crippen molar-refractivity contribution in [3.8, 4) is 0 Å². The molecule has 0 saturated heterocycles. The average molecular weight is 661 g/mol. The zero-order valence-electron chi connectivity index (χ0n) is 34.4. The minimum Gasteiger partial charge on any atom is -0.390 e. The molecule has 0 aromatic heterocycles. The molecule has 0 unspecified atom stereocenters. The molecule has 8 nitrogen and oxygen atoms in total. The van der Waals surface area contributed by atoms with Gasteiger partial charge in [-0.25, -0.2) is 0 Å². The van der Waals surface area contributed by atoms with Gasteiger partial charge in [-0.1, -0.05) is 83.1 Å². The number of carbonyl (C=O) groups excluding carboxylic acids is 4. The van der Waals surface area contributed by atoms with E-state index in [2.05, 4.69) is 13.8 Å². The molecule has 0 bridgehead atoms. The number of rotatable bonds is 10. The van der Waals surface area contributed by atoms with Crippen LogP contribution in [0.3, 0.4) is 0 Å². The third-order valence-corrected chi connectivity index (χ3v) is 12.8. The van der Waals surface area contributed by atoms with Gasteiger partial charge in [-0.15, -0.1) is 0 Å². The van der Waals surface area contributed by atoms with E-state index in [1.807, 2.05) is 69.2 Å². The Bertz CT molecular complexity index is 1030. The van der Waals surface area contributed by atoms with Gasteiger partial charge in [-0.3, -0.25) is 19.2 Å². The average Bonchev–Trinajstić information content (AvgIpc) is 2.76. The van der Waals surface area contributed by atoms with Crippen molar-refractivity contribution in [2.45, 2.75) is 189 Å². The van der Waals surface area contributed by atoms with Crippen LogP contribution in [0, 0.1) is 32.5 Å². The molecule has 0 atom stereocenters. The molecular formula is C38H76O8. The summed E-state index contributed by atoms with van der Waals surface area (Å²) in [7, 11) is 0. The molecule has 0 aliphatic heterocycles. The van der Waals surface area contributed by atoms with Crippen molar-refractivity contribution in [3.63, 3.8) is 0 Å². The lowest BCUT2D eigenvalue weighted by atomic mass is 9.49. The molecule has 0 fully saturated rings. The Balaban J connectivity index is -0.000000266. The van der Waals surface area contributed by atoms with Gasteiger partial charge in [0.1, 0.15) is 23.0 Å². The molecule has 0 rings (SSSR count). The molecule has 0 aliphatic carbocycles. The predicted molar refractivity (Wildman–Crippen MR) is 191 cm³/mol. The molecule has 0 radical (unpaired) electrons. The predicted octanol–water partition coefficient (Wildman–Crippen LogP) is 7.54. The highest BCUT2D eigenvalue weighted by molar-refractivity contribution is 5.84. The van der Waals surface area contributed by atoms with Crippen LogP contribution in [-0.2, 0) is 19.2 Å². The van der Waals surface area contributed by atoms with Gasteiger partial charge < -0.3 is 20.4 Å². The van der Waals surface area contributed by atoms with E-state index >= 15 is 0 Å². The zero-order valence-corrected chi connectivity index (χ0v) is 34.4. The van der Waals surface area contributed by atoms with Crippen molar-refractivity contribution in [2.75, 3.05) is 0 Å². The Morgan fingerprint density at radius 1 is 0.304 bits per heavy atom. The summed E-state index contributed by atoms with van der Waals surface area (Å²) in [4.78, 5) is 44.4. The fourth-order valence-electron chi connectivity index (χ4n) is 3.62. The van der Waals surface area contributed by atoms with Gasteiger partial charge in [0.05, 0.1) is 22.2 Å². The molecule has 0 aromatic rings. The van der Waals surface area contributed by atoms with E-state index in [0.29, 0.717) is 0 Å². The largest absolute Gasteiger partial charge is 0.390 e. The third-order valence-electron chi connectivity index (χ3n) is 12.8. The van der Waals surface area contributed by atoms with Crippen LogP contribution in [0.4, 0.5) is 0 Å². The monoisotopic (exact) mass is 661 g/mol. The SMILES string of the molecule is CC(=O)C(C)(C)C(C)(C)C(C)(C)C(C)(C)O.CC(=O)C(C)(C)C(C)(C)C(C)(C)O.CC(=O)C(C)(C)C(C)(C)O.CC(=O)C(C)(C)O. The molecule has 46 heavy (non-hydrogen) atoms. The van der Waals surface area contributed by atoms with Crippen LogP contribution >= 0.6 is 0 Å². The molecule has 4 N–H and O–H groups in total. The Morgan fingerprint density at radius 3 is 0.587 bits per heavy atom. The van der Waals surface area contributed by atoms with E-state index in [9.17, 15) is 34.5 Å². The van der Waals surface area contributed by atoms with Crippen molar-refractivity contribution in [2.24, 2.45) is 32.5 Å². The van der Waals surface area contributed by atoms with Gasteiger partial charge in [-0.05, 0) is 93.9 Å². The molecule has 8 heteroatoms. The second-order valence-corrected chi connectivity index (χ2v) is 18.2. The van der Waals surface area contributed by atoms with Crippen molar-refractivity contribution in [1.82, 2.24) is 0 Å².